The third-order valence-electron chi connectivity index (χ3n) is 3.80. The Morgan fingerprint density at radius 3 is 1.03 bits per heavy atom. The Morgan fingerprint density at radius 1 is 0.500 bits per heavy atom. The zero-order chi connectivity index (χ0) is 26.3. The predicted octanol–water partition coefficient (Wildman–Crippen LogP) is 6.27. The molecule has 0 saturated carbocycles. The van der Waals surface area contributed by atoms with Crippen molar-refractivity contribution in [3.63, 3.8) is 0 Å². The Morgan fingerprint density at radius 2 is 0.794 bits per heavy atom. The molecule has 0 amide bonds. The van der Waals surface area contributed by atoms with Gasteiger partial charge in [-0.25, -0.2) is 9.59 Å². The SMILES string of the molecule is O=C(Oc1cccc(C(F)(F)F)c1C(F)(F)F)C(=O)Oc1cccc(C(F)(F)F)c1C(F)(F)F. The van der Waals surface area contributed by atoms with Crippen LogP contribution in [0.1, 0.15) is 22.3 Å². The fourth-order valence-electron chi connectivity index (χ4n) is 2.57. The van der Waals surface area contributed by atoms with Crippen molar-refractivity contribution in [1.82, 2.24) is 0 Å². The first-order valence-corrected chi connectivity index (χ1v) is 8.23. The van der Waals surface area contributed by atoms with Crippen molar-refractivity contribution < 1.29 is 71.7 Å². The molecular weight excluding hydrogens is 508 g/mol. The third-order valence-corrected chi connectivity index (χ3v) is 3.80. The molecule has 0 bridgehead atoms. The second kappa shape index (κ2) is 8.72. The highest BCUT2D eigenvalue weighted by Gasteiger charge is 2.47. The Bertz CT molecular complexity index is 1010. The van der Waals surface area contributed by atoms with Crippen LogP contribution in [0, 0.1) is 0 Å². The molecular formula is C18H6F12O4. The molecule has 0 aliphatic rings. The highest BCUT2D eigenvalue weighted by molar-refractivity contribution is 6.31. The summed E-state index contributed by atoms with van der Waals surface area (Å²) >= 11 is 0. The third kappa shape index (κ3) is 5.91. The molecule has 2 aromatic rings. The molecule has 2 rings (SSSR count). The minimum atomic E-state index is -5.78. The molecule has 0 aliphatic carbocycles. The van der Waals surface area contributed by atoms with Crippen molar-refractivity contribution in [3.05, 3.63) is 58.7 Å². The van der Waals surface area contributed by atoms with Crippen LogP contribution in [0.3, 0.4) is 0 Å². The van der Waals surface area contributed by atoms with Gasteiger partial charge < -0.3 is 9.47 Å². The summed E-state index contributed by atoms with van der Waals surface area (Å²) in [5.74, 6) is -8.81. The Kier molecular flexibility index (Phi) is 6.87. The molecule has 0 aromatic heterocycles. The smallest absolute Gasteiger partial charge is 0.417 e. The van der Waals surface area contributed by atoms with Crippen molar-refractivity contribution in [3.8, 4) is 11.5 Å². The van der Waals surface area contributed by atoms with Crippen LogP contribution in [0.25, 0.3) is 0 Å². The van der Waals surface area contributed by atoms with Gasteiger partial charge in [0.25, 0.3) is 0 Å². The van der Waals surface area contributed by atoms with Crippen LogP contribution >= 0.6 is 0 Å². The Labute approximate surface area is 179 Å². The highest BCUT2D eigenvalue weighted by Crippen LogP contribution is 2.46. The van der Waals surface area contributed by atoms with E-state index in [1.807, 2.05) is 0 Å². The van der Waals surface area contributed by atoms with E-state index < -0.39 is 70.4 Å². The number of rotatable bonds is 2. The van der Waals surface area contributed by atoms with Crippen LogP contribution < -0.4 is 9.47 Å². The van der Waals surface area contributed by atoms with Gasteiger partial charge in [0.05, 0.1) is 11.1 Å². The summed E-state index contributed by atoms with van der Waals surface area (Å²) < 4.78 is 164. The first-order chi connectivity index (χ1) is 15.2. The Balaban J connectivity index is 2.45. The van der Waals surface area contributed by atoms with Gasteiger partial charge in [-0.15, -0.1) is 0 Å². The molecule has 0 heterocycles. The van der Waals surface area contributed by atoms with Gasteiger partial charge in [-0.2, -0.15) is 52.7 Å². The predicted molar refractivity (Wildman–Crippen MR) is 84.2 cm³/mol. The van der Waals surface area contributed by atoms with E-state index in [9.17, 15) is 62.3 Å². The standard InChI is InChI=1S/C18H6F12O4/c19-15(20,21)7-3-1-5-9(11(7)17(25,26)27)33-13(31)14(32)34-10-6-2-4-8(16(22,23)24)12(10)18(28,29)30/h1-6H. The number of alkyl halides is 12. The minimum Gasteiger partial charge on any atom is -0.417 e. The fraction of sp³-hybridized carbons (Fsp3) is 0.222. The van der Waals surface area contributed by atoms with Gasteiger partial charge in [-0.05, 0) is 24.3 Å². The number of hydrogen-bond acceptors (Lipinski definition) is 4. The zero-order valence-electron chi connectivity index (χ0n) is 15.6. The van der Waals surface area contributed by atoms with Crippen LogP contribution in [0.15, 0.2) is 36.4 Å². The van der Waals surface area contributed by atoms with Crippen molar-refractivity contribution in [2.24, 2.45) is 0 Å². The van der Waals surface area contributed by atoms with Gasteiger partial charge in [0.1, 0.15) is 22.6 Å². The molecule has 0 fully saturated rings. The molecule has 2 aromatic carbocycles. The van der Waals surface area contributed by atoms with Gasteiger partial charge in [0, 0.05) is 0 Å². The molecule has 0 spiro atoms. The fourth-order valence-corrected chi connectivity index (χ4v) is 2.57. The van der Waals surface area contributed by atoms with E-state index in [1.165, 1.54) is 0 Å². The molecule has 0 radical (unpaired) electrons. The zero-order valence-corrected chi connectivity index (χ0v) is 15.6. The molecule has 186 valence electrons. The quantitative estimate of drug-likeness (QED) is 0.205. The summed E-state index contributed by atoms with van der Waals surface area (Å²) in [4.78, 5) is 23.5. The number of carbonyl (C=O) groups is 2. The summed E-state index contributed by atoms with van der Waals surface area (Å²) in [6.45, 7) is 0. The van der Waals surface area contributed by atoms with Gasteiger partial charge in [0.2, 0.25) is 0 Å². The van der Waals surface area contributed by atoms with Crippen LogP contribution in [0.2, 0.25) is 0 Å². The highest BCUT2D eigenvalue weighted by atomic mass is 19.4. The van der Waals surface area contributed by atoms with Crippen LogP contribution in [-0.2, 0) is 34.3 Å². The minimum absolute atomic E-state index is 0.0310. The first-order valence-electron chi connectivity index (χ1n) is 8.23. The van der Waals surface area contributed by atoms with E-state index in [4.69, 9.17) is 0 Å². The number of halogens is 12. The van der Waals surface area contributed by atoms with Crippen molar-refractivity contribution in [2.75, 3.05) is 0 Å². The summed E-state index contributed by atoms with van der Waals surface area (Å²) in [7, 11) is 0. The molecule has 0 atom stereocenters. The monoisotopic (exact) mass is 514 g/mol. The molecule has 0 unspecified atom stereocenters. The average Bonchev–Trinajstić information content (AvgIpc) is 2.64. The van der Waals surface area contributed by atoms with Crippen molar-refractivity contribution >= 4 is 11.9 Å². The topological polar surface area (TPSA) is 52.6 Å². The summed E-state index contributed by atoms with van der Waals surface area (Å²) in [6, 6.07) is 1.04. The van der Waals surface area contributed by atoms with Crippen LogP contribution in [0.4, 0.5) is 52.7 Å². The molecule has 0 saturated heterocycles. The summed E-state index contributed by atoms with van der Waals surface area (Å²) in [6.07, 6.45) is -22.8. The van der Waals surface area contributed by atoms with E-state index in [1.54, 1.807) is 0 Å². The largest absolute Gasteiger partial charge is 0.423 e. The maximum atomic E-state index is 13.1. The van der Waals surface area contributed by atoms with Crippen LogP contribution in [0.5, 0.6) is 11.5 Å². The molecule has 0 aliphatic heterocycles. The first kappa shape index (κ1) is 26.8. The molecule has 34 heavy (non-hydrogen) atoms. The van der Waals surface area contributed by atoms with E-state index >= 15 is 0 Å². The van der Waals surface area contributed by atoms with E-state index in [0.717, 1.165) is 0 Å². The maximum Gasteiger partial charge on any atom is 0.423 e. The number of hydrogen-bond donors (Lipinski definition) is 0. The lowest BCUT2D eigenvalue weighted by atomic mass is 10.1. The van der Waals surface area contributed by atoms with Gasteiger partial charge in [0.15, 0.2) is 0 Å². The molecule has 4 nitrogen and oxygen atoms in total. The normalized spacial score (nSPS) is 12.9. The summed E-state index contributed by atoms with van der Waals surface area (Å²) in [5.41, 5.74) is -9.73. The van der Waals surface area contributed by atoms with E-state index in [2.05, 4.69) is 9.47 Å². The number of benzene rings is 2. The van der Waals surface area contributed by atoms with Crippen molar-refractivity contribution in [1.29, 1.82) is 0 Å². The van der Waals surface area contributed by atoms with Crippen LogP contribution in [-0.4, -0.2) is 11.9 Å². The van der Waals surface area contributed by atoms with E-state index in [-0.39, 0.29) is 24.3 Å². The van der Waals surface area contributed by atoms with Gasteiger partial charge in [-0.1, -0.05) is 12.1 Å². The molecule has 0 N–H and O–H groups in total. The number of esters is 2. The Hall–Kier alpha value is -3.46. The lowest BCUT2D eigenvalue weighted by Crippen LogP contribution is -2.28. The second-order valence-corrected chi connectivity index (χ2v) is 6.13. The van der Waals surface area contributed by atoms with Gasteiger partial charge >= 0.3 is 36.6 Å². The van der Waals surface area contributed by atoms with E-state index in [0.29, 0.717) is 12.1 Å². The average molecular weight is 514 g/mol. The maximum absolute atomic E-state index is 13.1. The lowest BCUT2D eigenvalue weighted by Gasteiger charge is -2.19. The molecule has 16 heteroatoms. The van der Waals surface area contributed by atoms with Crippen molar-refractivity contribution in [2.45, 2.75) is 24.7 Å². The second-order valence-electron chi connectivity index (χ2n) is 6.13. The number of ether oxygens (including phenoxy) is 2. The summed E-state index contributed by atoms with van der Waals surface area (Å²) in [5, 5.41) is 0. The van der Waals surface area contributed by atoms with Gasteiger partial charge in [-0.3, -0.25) is 0 Å². The number of carbonyl (C=O) groups excluding carboxylic acids is 2. The lowest BCUT2D eigenvalue weighted by molar-refractivity contribution is -0.166.